The SMILES string of the molecule is C=C/C=C(\C=C/C)c1ccc(-c2ccccc2)cc1.CC1(C)c2cc(Nc3cc4ccccc4c4ccccc34)ccc2-c2ccc(N(c3ccccc3)c3cccc4ccccc34)cc21. The van der Waals surface area contributed by atoms with Crippen LogP contribution in [0, 0.1) is 0 Å². The Morgan fingerprint density at radius 2 is 1.09 bits per heavy atom. The predicted octanol–water partition coefficient (Wildman–Crippen LogP) is 18.2. The van der Waals surface area contributed by atoms with Crippen LogP contribution in [0.4, 0.5) is 28.4 Å². The third-order valence-electron chi connectivity index (χ3n) is 13.0. The van der Waals surface area contributed by atoms with Crippen LogP contribution in [0.5, 0.6) is 0 Å². The molecular weight excluding hydrogens is 797 g/mol. The molecule has 0 amide bonds. The highest BCUT2D eigenvalue weighted by Crippen LogP contribution is 2.52. The molecule has 0 bridgehead atoms. The monoisotopic (exact) mass is 848 g/mol. The minimum atomic E-state index is -0.176. The van der Waals surface area contributed by atoms with Gasteiger partial charge in [0.1, 0.15) is 0 Å². The lowest BCUT2D eigenvalue weighted by atomic mass is 9.82. The normalized spacial score (nSPS) is 12.7. The van der Waals surface area contributed by atoms with Crippen LogP contribution in [0.15, 0.2) is 249 Å². The van der Waals surface area contributed by atoms with Crippen molar-refractivity contribution in [3.05, 3.63) is 266 Å². The molecule has 0 atom stereocenters. The zero-order chi connectivity index (χ0) is 45.0. The summed E-state index contributed by atoms with van der Waals surface area (Å²) in [6.07, 6.45) is 7.98. The summed E-state index contributed by atoms with van der Waals surface area (Å²) in [4.78, 5) is 2.40. The van der Waals surface area contributed by atoms with Gasteiger partial charge in [-0.25, -0.2) is 0 Å². The summed E-state index contributed by atoms with van der Waals surface area (Å²) in [5, 5.41) is 11.3. The first-order chi connectivity index (χ1) is 32.4. The molecule has 0 fully saturated rings. The van der Waals surface area contributed by atoms with Crippen LogP contribution in [0.25, 0.3) is 60.1 Å². The fourth-order valence-electron chi connectivity index (χ4n) is 9.70. The van der Waals surface area contributed by atoms with Crippen molar-refractivity contribution in [1.29, 1.82) is 0 Å². The number of anilines is 5. The van der Waals surface area contributed by atoms with Crippen LogP contribution in [-0.4, -0.2) is 0 Å². The molecule has 10 aromatic rings. The second-order valence-corrected chi connectivity index (χ2v) is 17.4. The number of nitrogens with one attached hydrogen (secondary N) is 1. The smallest absolute Gasteiger partial charge is 0.0540 e. The number of hydrogen-bond donors (Lipinski definition) is 1. The van der Waals surface area contributed by atoms with E-state index in [-0.39, 0.29) is 5.41 Å². The van der Waals surface area contributed by atoms with Crippen LogP contribution in [0.2, 0.25) is 0 Å². The molecule has 0 heterocycles. The van der Waals surface area contributed by atoms with E-state index in [0.29, 0.717) is 0 Å². The summed E-state index contributed by atoms with van der Waals surface area (Å²) in [5.41, 5.74) is 15.7. The number of nitrogens with zero attached hydrogens (tertiary/aromatic N) is 1. The van der Waals surface area contributed by atoms with Crippen LogP contribution < -0.4 is 10.2 Å². The van der Waals surface area contributed by atoms with Gasteiger partial charge in [-0.2, -0.15) is 0 Å². The van der Waals surface area contributed by atoms with E-state index in [4.69, 9.17) is 0 Å². The third kappa shape index (κ3) is 7.99. The van der Waals surface area contributed by atoms with Gasteiger partial charge in [0.25, 0.3) is 0 Å². The number of hydrogen-bond acceptors (Lipinski definition) is 2. The van der Waals surface area contributed by atoms with Gasteiger partial charge in [-0.15, -0.1) is 0 Å². The van der Waals surface area contributed by atoms with Crippen molar-refractivity contribution in [2.24, 2.45) is 0 Å². The molecule has 11 rings (SSSR count). The van der Waals surface area contributed by atoms with Gasteiger partial charge >= 0.3 is 0 Å². The molecule has 0 saturated heterocycles. The Balaban J connectivity index is 0.000000226. The highest BCUT2D eigenvalue weighted by Gasteiger charge is 2.36. The molecule has 1 aliphatic rings. The van der Waals surface area contributed by atoms with Gasteiger partial charge in [0.2, 0.25) is 0 Å². The van der Waals surface area contributed by atoms with Gasteiger partial charge in [0.05, 0.1) is 5.69 Å². The minimum Gasteiger partial charge on any atom is -0.355 e. The first-order valence-corrected chi connectivity index (χ1v) is 22.8. The summed E-state index contributed by atoms with van der Waals surface area (Å²) in [6.45, 7) is 10.5. The molecular formula is C64H52N2. The van der Waals surface area contributed by atoms with Crippen LogP contribution >= 0.6 is 0 Å². The molecule has 0 aromatic heterocycles. The van der Waals surface area contributed by atoms with E-state index in [9.17, 15) is 0 Å². The summed E-state index contributed by atoms with van der Waals surface area (Å²) in [5.74, 6) is 0. The van der Waals surface area contributed by atoms with Gasteiger partial charge in [0.15, 0.2) is 0 Å². The number of fused-ring (bicyclic) bond motifs is 7. The lowest BCUT2D eigenvalue weighted by molar-refractivity contribution is 0.660. The number of rotatable bonds is 9. The van der Waals surface area contributed by atoms with Gasteiger partial charge < -0.3 is 10.2 Å². The van der Waals surface area contributed by atoms with Crippen LogP contribution in [-0.2, 0) is 5.41 Å². The van der Waals surface area contributed by atoms with Crippen LogP contribution in [0.3, 0.4) is 0 Å². The lowest BCUT2D eigenvalue weighted by Gasteiger charge is -2.29. The van der Waals surface area contributed by atoms with Gasteiger partial charge in [-0.1, -0.05) is 215 Å². The largest absolute Gasteiger partial charge is 0.355 e. The van der Waals surface area contributed by atoms with E-state index in [0.717, 1.165) is 22.7 Å². The fraction of sp³-hybridized carbons (Fsp3) is 0.0625. The molecule has 0 unspecified atom stereocenters. The Morgan fingerprint density at radius 1 is 0.500 bits per heavy atom. The molecule has 1 aliphatic carbocycles. The lowest BCUT2D eigenvalue weighted by Crippen LogP contribution is -2.17. The quantitative estimate of drug-likeness (QED) is 0.115. The first kappa shape index (κ1) is 41.8. The second-order valence-electron chi connectivity index (χ2n) is 17.4. The van der Waals surface area contributed by atoms with Crippen molar-refractivity contribution in [2.45, 2.75) is 26.2 Å². The Labute approximate surface area is 389 Å². The van der Waals surface area contributed by atoms with E-state index in [1.54, 1.807) is 0 Å². The maximum Gasteiger partial charge on any atom is 0.0540 e. The van der Waals surface area contributed by atoms with E-state index in [1.807, 2.05) is 31.2 Å². The Bertz CT molecular complexity index is 3430. The van der Waals surface area contributed by atoms with E-state index in [2.05, 4.69) is 249 Å². The van der Waals surface area contributed by atoms with E-state index < -0.39 is 0 Å². The number of benzene rings is 10. The molecule has 2 heteroatoms. The average molecular weight is 849 g/mol. The molecule has 2 nitrogen and oxygen atoms in total. The standard InChI is InChI=1S/C45H34N2.C19H18/c1-45(2)41-28-32(46-43-27-31-14-7-8-18-35(31)37-20-10-11-21-40(37)43)23-25-38(41)39-26-24-34(29-42(39)45)47(33-16-4-3-5-17-33)44-22-12-15-30-13-6-9-19-36(30)44;1-3-8-16(9-4-2)18-12-14-19(15-13-18)17-10-6-5-7-11-17/h3-29,46H,1-2H3;3-15H,1H2,2H3/b;9-4-,16-8+. The average Bonchev–Trinajstić information content (AvgIpc) is 3.59. The summed E-state index contributed by atoms with van der Waals surface area (Å²) >= 11 is 0. The molecule has 10 aromatic carbocycles. The summed E-state index contributed by atoms with van der Waals surface area (Å²) in [7, 11) is 0. The van der Waals surface area contributed by atoms with E-state index in [1.165, 1.54) is 82.5 Å². The Morgan fingerprint density at radius 3 is 1.82 bits per heavy atom. The van der Waals surface area contributed by atoms with Crippen LogP contribution in [0.1, 0.15) is 37.5 Å². The summed E-state index contributed by atoms with van der Waals surface area (Å²) < 4.78 is 0. The van der Waals surface area contributed by atoms with Crippen molar-refractivity contribution in [1.82, 2.24) is 0 Å². The molecule has 318 valence electrons. The number of para-hydroxylation sites is 1. The molecule has 0 spiro atoms. The zero-order valence-electron chi connectivity index (χ0n) is 37.7. The molecule has 66 heavy (non-hydrogen) atoms. The van der Waals surface area contributed by atoms with Crippen molar-refractivity contribution < 1.29 is 0 Å². The predicted molar refractivity (Wildman–Crippen MR) is 286 cm³/mol. The topological polar surface area (TPSA) is 15.3 Å². The van der Waals surface area contributed by atoms with Crippen molar-refractivity contribution in [3.63, 3.8) is 0 Å². The van der Waals surface area contributed by atoms with Crippen molar-refractivity contribution in [2.75, 3.05) is 10.2 Å². The minimum absolute atomic E-state index is 0.176. The Kier molecular flexibility index (Phi) is 11.5. The van der Waals surface area contributed by atoms with Gasteiger partial charge in [-0.05, 0) is 122 Å². The maximum atomic E-state index is 3.81. The second kappa shape index (κ2) is 18.1. The van der Waals surface area contributed by atoms with Crippen molar-refractivity contribution in [3.8, 4) is 22.3 Å². The van der Waals surface area contributed by atoms with Gasteiger partial charge in [-0.3, -0.25) is 0 Å². The summed E-state index contributed by atoms with van der Waals surface area (Å²) in [6, 6.07) is 78.5. The maximum absolute atomic E-state index is 3.81. The molecule has 0 aliphatic heterocycles. The molecule has 0 radical (unpaired) electrons. The fourth-order valence-corrected chi connectivity index (χ4v) is 9.70. The highest BCUT2D eigenvalue weighted by molar-refractivity contribution is 6.13. The highest BCUT2D eigenvalue weighted by atomic mass is 15.1. The molecule has 0 saturated carbocycles. The van der Waals surface area contributed by atoms with Crippen molar-refractivity contribution >= 4 is 66.3 Å². The number of allylic oxidation sites excluding steroid dienone is 5. The van der Waals surface area contributed by atoms with E-state index >= 15 is 0 Å². The zero-order valence-corrected chi connectivity index (χ0v) is 37.7. The Hall–Kier alpha value is -8.20. The third-order valence-corrected chi connectivity index (χ3v) is 13.0. The molecule has 1 N–H and O–H groups in total. The first-order valence-electron chi connectivity index (χ1n) is 22.8. The van der Waals surface area contributed by atoms with Gasteiger partial charge in [0, 0.05) is 38.9 Å².